The molecule has 0 fully saturated rings. The Kier molecular flexibility index (Phi) is 5.27. The van der Waals surface area contributed by atoms with Crippen LogP contribution in [0.15, 0.2) is 24.3 Å². The van der Waals surface area contributed by atoms with E-state index in [4.69, 9.17) is 0 Å². The molecule has 0 radical (unpaired) electrons. The normalized spacial score (nSPS) is 14.1. The Morgan fingerprint density at radius 3 is 2.88 bits per heavy atom. The van der Waals surface area contributed by atoms with E-state index in [0.717, 1.165) is 5.56 Å². The number of rotatable bonds is 5. The lowest BCUT2D eigenvalue weighted by Crippen LogP contribution is -2.10. The zero-order chi connectivity index (χ0) is 12.8. The van der Waals surface area contributed by atoms with E-state index in [0.29, 0.717) is 12.8 Å². The quantitative estimate of drug-likeness (QED) is 0.793. The smallest absolute Gasteiger partial charge is 0.351 e. The highest BCUT2D eigenvalue weighted by Crippen LogP contribution is 2.10. The Labute approximate surface area is 102 Å². The second-order valence-electron chi connectivity index (χ2n) is 3.54. The van der Waals surface area contributed by atoms with Gasteiger partial charge in [-0.25, -0.2) is 9.00 Å². The molecule has 0 amide bonds. The number of benzene rings is 1. The van der Waals surface area contributed by atoms with Crippen molar-refractivity contribution in [1.82, 2.24) is 0 Å². The molecule has 2 atom stereocenters. The average Bonchev–Trinajstić information content (AvgIpc) is 2.28. The second kappa shape index (κ2) is 6.48. The van der Waals surface area contributed by atoms with Crippen molar-refractivity contribution in [2.24, 2.45) is 0 Å². The largest absolute Gasteiger partial charge is 0.740 e. The first kappa shape index (κ1) is 13.8. The molecule has 1 rings (SSSR count). The molecule has 0 heterocycles. The topological polar surface area (TPSA) is 86.7 Å². The van der Waals surface area contributed by atoms with Crippen LogP contribution in [0.1, 0.15) is 29.3 Å². The summed E-state index contributed by atoms with van der Waals surface area (Å²) in [6.07, 6.45) is 0.548. The molecule has 1 N–H and O–H groups in total. The fraction of sp³-hybridized carbons (Fsp3) is 0.364. The maximum Gasteiger partial charge on any atom is 0.351 e. The number of hydrogen-bond acceptors (Lipinski definition) is 5. The van der Waals surface area contributed by atoms with Crippen molar-refractivity contribution in [2.75, 3.05) is 0 Å². The molecule has 0 saturated carbocycles. The lowest BCUT2D eigenvalue weighted by molar-refractivity contribution is 0.0741. The molecule has 1 aromatic rings. The highest BCUT2D eigenvalue weighted by Gasteiger charge is 2.09. The van der Waals surface area contributed by atoms with Gasteiger partial charge in [0.2, 0.25) is 0 Å². The molecule has 17 heavy (non-hydrogen) atoms. The molecule has 0 bridgehead atoms. The van der Waals surface area contributed by atoms with Crippen molar-refractivity contribution in [3.8, 4) is 0 Å². The van der Waals surface area contributed by atoms with E-state index in [1.807, 2.05) is 6.92 Å². The average molecular weight is 257 g/mol. The molecular formula is C11H13O5S-. The maximum absolute atomic E-state index is 11.3. The molecule has 6 heteroatoms. The zero-order valence-electron chi connectivity index (χ0n) is 9.29. The Bertz CT molecular complexity index is 418. The predicted molar refractivity (Wildman–Crippen MR) is 60.8 cm³/mol. The van der Waals surface area contributed by atoms with Crippen LogP contribution >= 0.6 is 0 Å². The van der Waals surface area contributed by atoms with Crippen LogP contribution in [0.4, 0.5) is 0 Å². The summed E-state index contributed by atoms with van der Waals surface area (Å²) in [6, 6.07) is 6.33. The molecule has 0 saturated heterocycles. The Morgan fingerprint density at radius 2 is 2.29 bits per heavy atom. The lowest BCUT2D eigenvalue weighted by atomic mass is 10.0. The summed E-state index contributed by atoms with van der Waals surface area (Å²) < 4.78 is 24.5. The summed E-state index contributed by atoms with van der Waals surface area (Å²) in [7, 11) is 0. The van der Waals surface area contributed by atoms with E-state index >= 15 is 0 Å². The number of carbonyl (C=O) groups excluding carboxylic acids is 1. The van der Waals surface area contributed by atoms with Crippen LogP contribution < -0.4 is 0 Å². The molecule has 94 valence electrons. The Hall–Kier alpha value is -1.24. The Morgan fingerprint density at radius 1 is 1.59 bits per heavy atom. The fourth-order valence-electron chi connectivity index (χ4n) is 1.35. The highest BCUT2D eigenvalue weighted by atomic mass is 32.2. The number of carbonyl (C=O) groups is 1. The summed E-state index contributed by atoms with van der Waals surface area (Å²) in [6.45, 7) is 1.85. The third kappa shape index (κ3) is 4.64. The second-order valence-corrected chi connectivity index (χ2v) is 4.12. The summed E-state index contributed by atoms with van der Waals surface area (Å²) in [4.78, 5) is 11.3. The predicted octanol–water partition coefficient (Wildman–Crippen LogP) is 0.951. The van der Waals surface area contributed by atoms with Crippen LogP contribution in [0.2, 0.25) is 0 Å². The minimum atomic E-state index is -2.86. The van der Waals surface area contributed by atoms with Gasteiger partial charge >= 0.3 is 5.97 Å². The number of hydrogen-bond donors (Lipinski definition) is 1. The molecule has 5 nitrogen and oxygen atoms in total. The number of aliphatic hydroxyl groups is 1. The van der Waals surface area contributed by atoms with Gasteiger partial charge in [-0.2, -0.15) is 0 Å². The monoisotopic (exact) mass is 257 g/mol. The first-order chi connectivity index (χ1) is 8.02. The highest BCUT2D eigenvalue weighted by molar-refractivity contribution is 7.74. The van der Waals surface area contributed by atoms with Crippen molar-refractivity contribution in [3.05, 3.63) is 35.4 Å². The van der Waals surface area contributed by atoms with E-state index in [9.17, 15) is 18.7 Å². The molecule has 0 aromatic heterocycles. The van der Waals surface area contributed by atoms with Crippen molar-refractivity contribution in [2.45, 2.75) is 25.9 Å². The van der Waals surface area contributed by atoms with Gasteiger partial charge < -0.3 is 13.8 Å². The Balaban J connectivity index is 2.78. The van der Waals surface area contributed by atoms with Gasteiger partial charge in [0.1, 0.15) is 11.4 Å². The van der Waals surface area contributed by atoms with Gasteiger partial charge in [0.25, 0.3) is 0 Å². The summed E-state index contributed by atoms with van der Waals surface area (Å²) in [5.74, 6) is -0.925. The van der Waals surface area contributed by atoms with Gasteiger partial charge in [0.05, 0.1) is 11.7 Å². The van der Waals surface area contributed by atoms with Gasteiger partial charge in [0, 0.05) is 0 Å². The molecule has 0 aliphatic carbocycles. The third-order valence-corrected chi connectivity index (χ3v) is 2.54. The lowest BCUT2D eigenvalue weighted by Gasteiger charge is -2.09. The maximum atomic E-state index is 11.3. The summed E-state index contributed by atoms with van der Waals surface area (Å²) >= 11 is -2.86. The first-order valence-electron chi connectivity index (χ1n) is 5.11. The zero-order valence-corrected chi connectivity index (χ0v) is 10.1. The molecule has 0 aliphatic heterocycles. The van der Waals surface area contributed by atoms with Gasteiger partial charge in [0.15, 0.2) is 0 Å². The van der Waals surface area contributed by atoms with Gasteiger partial charge in [-0.15, -0.1) is 0 Å². The minimum Gasteiger partial charge on any atom is -0.740 e. The van der Waals surface area contributed by atoms with E-state index in [-0.39, 0.29) is 5.56 Å². The van der Waals surface area contributed by atoms with Crippen LogP contribution in [-0.4, -0.2) is 25.9 Å². The van der Waals surface area contributed by atoms with Crippen molar-refractivity contribution >= 4 is 17.3 Å². The van der Waals surface area contributed by atoms with Crippen LogP contribution in [0.5, 0.6) is 0 Å². The van der Waals surface area contributed by atoms with Gasteiger partial charge in [-0.05, 0) is 30.5 Å². The first-order valence-corrected chi connectivity index (χ1v) is 6.11. The van der Waals surface area contributed by atoms with E-state index < -0.39 is 23.4 Å². The van der Waals surface area contributed by atoms with Crippen LogP contribution in [-0.2, 0) is 22.0 Å². The fourth-order valence-corrected chi connectivity index (χ4v) is 1.57. The molecular weight excluding hydrogens is 244 g/mol. The summed E-state index contributed by atoms with van der Waals surface area (Å²) in [5, 5.41) is 9.47. The van der Waals surface area contributed by atoms with Crippen molar-refractivity contribution in [1.29, 1.82) is 0 Å². The molecule has 0 aliphatic rings. The van der Waals surface area contributed by atoms with Gasteiger partial charge in [-0.3, -0.25) is 0 Å². The van der Waals surface area contributed by atoms with Crippen molar-refractivity contribution in [3.63, 3.8) is 0 Å². The van der Waals surface area contributed by atoms with Crippen molar-refractivity contribution < 1.29 is 22.8 Å². The van der Waals surface area contributed by atoms with E-state index in [2.05, 4.69) is 4.18 Å². The van der Waals surface area contributed by atoms with Crippen LogP contribution in [0.25, 0.3) is 0 Å². The standard InChI is InChI=1S/C11H14O5S/c1-2-10(12)7-8-4-3-5-9(6-8)11(13)16-17(14)15/h3-6,10,12H,2,7H2,1H3,(H,14,15)/p-1. The SMILES string of the molecule is CCC(O)Cc1cccc(C(=O)OS(=O)[O-])c1. The van der Waals surface area contributed by atoms with Crippen LogP contribution in [0, 0.1) is 0 Å². The van der Waals surface area contributed by atoms with Gasteiger partial charge in [-0.1, -0.05) is 19.1 Å². The van der Waals surface area contributed by atoms with Crippen LogP contribution in [0.3, 0.4) is 0 Å². The molecule has 0 spiro atoms. The summed E-state index contributed by atoms with van der Waals surface area (Å²) in [5.41, 5.74) is 0.903. The third-order valence-electron chi connectivity index (χ3n) is 2.25. The number of aliphatic hydroxyl groups excluding tert-OH is 1. The van der Waals surface area contributed by atoms with E-state index in [1.165, 1.54) is 12.1 Å². The molecule has 1 aromatic carbocycles. The molecule has 2 unspecified atom stereocenters. The van der Waals surface area contributed by atoms with E-state index in [1.54, 1.807) is 12.1 Å². The minimum absolute atomic E-state index is 0.148.